The number of anilines is 1. The summed E-state index contributed by atoms with van der Waals surface area (Å²) in [5.41, 5.74) is -0.383. The molecule has 0 spiro atoms. The fraction of sp³-hybridized carbons (Fsp3) is 0.0769. The van der Waals surface area contributed by atoms with Crippen LogP contribution in [0.1, 0.15) is 5.56 Å². The van der Waals surface area contributed by atoms with Crippen molar-refractivity contribution in [1.29, 1.82) is 0 Å². The van der Waals surface area contributed by atoms with Crippen molar-refractivity contribution in [3.63, 3.8) is 0 Å². The van der Waals surface area contributed by atoms with Gasteiger partial charge in [0, 0.05) is 24.2 Å². The summed E-state index contributed by atoms with van der Waals surface area (Å²) in [7, 11) is 0. The van der Waals surface area contributed by atoms with Crippen molar-refractivity contribution in [2.75, 3.05) is 5.32 Å². The predicted octanol–water partition coefficient (Wildman–Crippen LogP) is 3.99. The topological polar surface area (TPSA) is 12.0 Å². The molecule has 19 heavy (non-hydrogen) atoms. The van der Waals surface area contributed by atoms with E-state index in [4.69, 9.17) is 0 Å². The Morgan fingerprint density at radius 3 is 2.21 bits per heavy atom. The number of nitrogens with one attached hydrogen (secondary N) is 1. The fourth-order valence-electron chi connectivity index (χ4n) is 1.53. The molecule has 0 unspecified atom stereocenters. The Hall–Kier alpha value is -2.11. The zero-order valence-electron chi connectivity index (χ0n) is 9.48. The molecule has 100 valence electrons. The second-order valence-corrected chi connectivity index (χ2v) is 3.81. The third-order valence-corrected chi connectivity index (χ3v) is 2.51. The van der Waals surface area contributed by atoms with Gasteiger partial charge in [0.2, 0.25) is 0 Å². The zero-order chi connectivity index (χ0) is 14.0. The van der Waals surface area contributed by atoms with Crippen LogP contribution in [0.25, 0.3) is 0 Å². The normalized spacial score (nSPS) is 10.6. The minimum Gasteiger partial charge on any atom is -0.378 e. The van der Waals surface area contributed by atoms with Gasteiger partial charge in [-0.1, -0.05) is 12.1 Å². The number of hydrogen-bond donors (Lipinski definition) is 1. The van der Waals surface area contributed by atoms with Gasteiger partial charge in [-0.15, -0.1) is 0 Å². The molecule has 1 nitrogen and oxygen atoms in total. The van der Waals surface area contributed by atoms with Gasteiger partial charge in [0.25, 0.3) is 0 Å². The van der Waals surface area contributed by atoms with E-state index in [-0.39, 0.29) is 17.8 Å². The Morgan fingerprint density at radius 2 is 1.47 bits per heavy atom. The SMILES string of the molecule is Fc1cc(F)c(NCc2cccc(F)c2F)cc1F. The fourth-order valence-corrected chi connectivity index (χ4v) is 1.53. The summed E-state index contributed by atoms with van der Waals surface area (Å²) >= 11 is 0. The molecule has 0 amide bonds. The van der Waals surface area contributed by atoms with Gasteiger partial charge in [-0.2, -0.15) is 0 Å². The summed E-state index contributed by atoms with van der Waals surface area (Å²) in [6, 6.07) is 4.51. The smallest absolute Gasteiger partial charge is 0.163 e. The molecule has 2 rings (SSSR count). The average Bonchev–Trinajstić information content (AvgIpc) is 2.37. The maximum atomic E-state index is 13.3. The second-order valence-electron chi connectivity index (χ2n) is 3.81. The Balaban J connectivity index is 2.19. The molecule has 6 heteroatoms. The molecular formula is C13H8F5N. The van der Waals surface area contributed by atoms with E-state index in [0.29, 0.717) is 12.1 Å². The van der Waals surface area contributed by atoms with Crippen LogP contribution in [0.2, 0.25) is 0 Å². The van der Waals surface area contributed by atoms with E-state index < -0.39 is 29.1 Å². The van der Waals surface area contributed by atoms with Crippen molar-refractivity contribution in [3.05, 3.63) is 65.0 Å². The van der Waals surface area contributed by atoms with Crippen LogP contribution >= 0.6 is 0 Å². The van der Waals surface area contributed by atoms with Crippen molar-refractivity contribution >= 4 is 5.69 Å². The number of halogens is 5. The summed E-state index contributed by atoms with van der Waals surface area (Å²) in [6.45, 7) is -0.258. The minimum absolute atomic E-state index is 0.0517. The van der Waals surface area contributed by atoms with E-state index in [1.165, 1.54) is 12.1 Å². The van der Waals surface area contributed by atoms with Crippen LogP contribution < -0.4 is 5.32 Å². The van der Waals surface area contributed by atoms with Gasteiger partial charge in [0.1, 0.15) is 5.82 Å². The van der Waals surface area contributed by atoms with Crippen LogP contribution in [0.4, 0.5) is 27.6 Å². The monoisotopic (exact) mass is 273 g/mol. The summed E-state index contributed by atoms with van der Waals surface area (Å²) < 4.78 is 65.1. The first kappa shape index (κ1) is 13.3. The molecule has 0 heterocycles. The first-order chi connectivity index (χ1) is 8.99. The van der Waals surface area contributed by atoms with Gasteiger partial charge >= 0.3 is 0 Å². The molecule has 0 saturated heterocycles. The number of benzene rings is 2. The van der Waals surface area contributed by atoms with E-state index in [9.17, 15) is 22.0 Å². The van der Waals surface area contributed by atoms with Crippen LogP contribution in [0, 0.1) is 29.1 Å². The Labute approximate surface area is 105 Å². The maximum absolute atomic E-state index is 13.3. The van der Waals surface area contributed by atoms with E-state index in [0.717, 1.165) is 6.07 Å². The van der Waals surface area contributed by atoms with Gasteiger partial charge in [0.15, 0.2) is 23.3 Å². The summed E-state index contributed by atoms with van der Waals surface area (Å²) in [6.07, 6.45) is 0. The Bertz CT molecular complexity index is 612. The van der Waals surface area contributed by atoms with Crippen molar-refractivity contribution in [2.45, 2.75) is 6.54 Å². The van der Waals surface area contributed by atoms with Gasteiger partial charge < -0.3 is 5.32 Å². The van der Waals surface area contributed by atoms with Crippen molar-refractivity contribution < 1.29 is 22.0 Å². The molecule has 2 aromatic rings. The molecule has 0 radical (unpaired) electrons. The van der Waals surface area contributed by atoms with Crippen molar-refractivity contribution in [1.82, 2.24) is 0 Å². The van der Waals surface area contributed by atoms with E-state index in [2.05, 4.69) is 5.32 Å². The summed E-state index contributed by atoms with van der Waals surface area (Å²) in [4.78, 5) is 0. The molecule has 0 saturated carbocycles. The van der Waals surface area contributed by atoms with E-state index in [1.54, 1.807) is 0 Å². The molecule has 0 atom stereocenters. The molecule has 1 N–H and O–H groups in total. The summed E-state index contributed by atoms with van der Waals surface area (Å²) in [5, 5.41) is 2.38. The van der Waals surface area contributed by atoms with E-state index in [1.807, 2.05) is 0 Å². The second kappa shape index (κ2) is 5.26. The van der Waals surface area contributed by atoms with Crippen molar-refractivity contribution in [3.8, 4) is 0 Å². The molecule has 0 aliphatic carbocycles. The Morgan fingerprint density at radius 1 is 0.789 bits per heavy atom. The predicted molar refractivity (Wildman–Crippen MR) is 60.0 cm³/mol. The molecule has 0 aromatic heterocycles. The lowest BCUT2D eigenvalue weighted by atomic mass is 10.2. The van der Waals surface area contributed by atoms with Crippen molar-refractivity contribution in [2.24, 2.45) is 0 Å². The van der Waals surface area contributed by atoms with Gasteiger partial charge in [-0.3, -0.25) is 0 Å². The molecular weight excluding hydrogens is 265 g/mol. The summed E-state index contributed by atoms with van der Waals surface area (Å²) in [5.74, 6) is -5.68. The van der Waals surface area contributed by atoms with Gasteiger partial charge in [-0.25, -0.2) is 22.0 Å². The van der Waals surface area contributed by atoms with Crippen LogP contribution in [0.3, 0.4) is 0 Å². The maximum Gasteiger partial charge on any atom is 0.163 e. The van der Waals surface area contributed by atoms with Gasteiger partial charge in [-0.05, 0) is 6.07 Å². The lowest BCUT2D eigenvalue weighted by Gasteiger charge is -2.09. The molecule has 0 fully saturated rings. The lowest BCUT2D eigenvalue weighted by molar-refractivity contribution is 0.495. The molecule has 2 aromatic carbocycles. The highest BCUT2D eigenvalue weighted by atomic mass is 19.2. The van der Waals surface area contributed by atoms with Crippen LogP contribution in [-0.4, -0.2) is 0 Å². The highest BCUT2D eigenvalue weighted by molar-refractivity contribution is 5.45. The lowest BCUT2D eigenvalue weighted by Crippen LogP contribution is -2.05. The largest absolute Gasteiger partial charge is 0.378 e. The van der Waals surface area contributed by atoms with Gasteiger partial charge in [0.05, 0.1) is 5.69 Å². The first-order valence-electron chi connectivity index (χ1n) is 5.30. The van der Waals surface area contributed by atoms with Crippen LogP contribution in [0.15, 0.2) is 30.3 Å². The van der Waals surface area contributed by atoms with Crippen LogP contribution in [-0.2, 0) is 6.54 Å². The molecule has 0 bridgehead atoms. The number of hydrogen-bond acceptors (Lipinski definition) is 1. The minimum atomic E-state index is -1.32. The standard InChI is InChI=1S/C13H8F5N/c14-8-3-1-2-7(13(8)18)6-19-12-5-10(16)9(15)4-11(12)17/h1-5,19H,6H2. The molecule has 0 aliphatic heterocycles. The quantitative estimate of drug-likeness (QED) is 0.658. The molecule has 0 aliphatic rings. The highest BCUT2D eigenvalue weighted by Gasteiger charge is 2.11. The zero-order valence-corrected chi connectivity index (χ0v) is 9.48. The highest BCUT2D eigenvalue weighted by Crippen LogP contribution is 2.20. The third-order valence-electron chi connectivity index (χ3n) is 2.51. The average molecular weight is 273 g/mol. The first-order valence-corrected chi connectivity index (χ1v) is 5.30. The Kier molecular flexibility index (Phi) is 3.69. The number of rotatable bonds is 3. The third kappa shape index (κ3) is 2.83. The van der Waals surface area contributed by atoms with Crippen LogP contribution in [0.5, 0.6) is 0 Å². The van der Waals surface area contributed by atoms with E-state index >= 15 is 0 Å².